The van der Waals surface area contributed by atoms with Gasteiger partial charge in [0.25, 0.3) is 0 Å². The van der Waals surface area contributed by atoms with Gasteiger partial charge in [-0.3, -0.25) is 4.79 Å². The van der Waals surface area contributed by atoms with Gasteiger partial charge < -0.3 is 4.74 Å². The van der Waals surface area contributed by atoms with E-state index in [0.29, 0.717) is 0 Å². The molecule has 146 valence electrons. The van der Waals surface area contributed by atoms with Crippen LogP contribution in [-0.2, 0) is 36.0 Å². The van der Waals surface area contributed by atoms with Crippen LogP contribution in [0.5, 0.6) is 0 Å². The SMILES string of the molecule is CS(=O)(=O)CC[C@H](NS(=O)(=O)c1ccccc1)C(=O)OCc1ccccc1. The van der Waals surface area contributed by atoms with Crippen LogP contribution in [0.15, 0.2) is 65.6 Å². The number of nitrogens with one attached hydrogen (secondary N) is 1. The average molecular weight is 412 g/mol. The van der Waals surface area contributed by atoms with E-state index in [9.17, 15) is 21.6 Å². The molecule has 1 atom stereocenters. The fourth-order valence-corrected chi connectivity index (χ4v) is 4.15. The molecule has 0 aliphatic carbocycles. The zero-order valence-corrected chi connectivity index (χ0v) is 16.4. The van der Waals surface area contributed by atoms with Gasteiger partial charge in [-0.2, -0.15) is 4.72 Å². The summed E-state index contributed by atoms with van der Waals surface area (Å²) in [6, 6.07) is 15.1. The standard InChI is InChI=1S/C18H21NO6S2/c1-26(21,22)13-12-17(18(20)25-14-15-8-4-2-5-9-15)19-27(23,24)16-10-6-3-7-11-16/h2-11,17,19H,12-14H2,1H3/t17-/m0/s1. The van der Waals surface area contributed by atoms with Crippen LogP contribution in [0.3, 0.4) is 0 Å². The summed E-state index contributed by atoms with van der Waals surface area (Å²) >= 11 is 0. The Morgan fingerprint density at radius 1 is 0.963 bits per heavy atom. The molecule has 0 aliphatic heterocycles. The monoisotopic (exact) mass is 411 g/mol. The lowest BCUT2D eigenvalue weighted by Crippen LogP contribution is -2.42. The number of sulfone groups is 1. The highest BCUT2D eigenvalue weighted by atomic mass is 32.2. The van der Waals surface area contributed by atoms with Crippen molar-refractivity contribution in [3.8, 4) is 0 Å². The zero-order chi connectivity index (χ0) is 19.9. The van der Waals surface area contributed by atoms with Crippen molar-refractivity contribution < 1.29 is 26.4 Å². The van der Waals surface area contributed by atoms with Crippen LogP contribution >= 0.6 is 0 Å². The fraction of sp³-hybridized carbons (Fsp3) is 0.278. The van der Waals surface area contributed by atoms with Crippen LogP contribution in [0.2, 0.25) is 0 Å². The topological polar surface area (TPSA) is 107 Å². The summed E-state index contributed by atoms with van der Waals surface area (Å²) in [6.07, 6.45) is 0.795. The number of sulfonamides is 1. The van der Waals surface area contributed by atoms with Gasteiger partial charge in [-0.1, -0.05) is 48.5 Å². The summed E-state index contributed by atoms with van der Waals surface area (Å²) in [6.45, 7) is -0.0396. The number of carbonyl (C=O) groups excluding carboxylic acids is 1. The van der Waals surface area contributed by atoms with Crippen molar-refractivity contribution in [1.82, 2.24) is 4.72 Å². The van der Waals surface area contributed by atoms with Gasteiger partial charge in [-0.05, 0) is 24.1 Å². The predicted molar refractivity (Wildman–Crippen MR) is 101 cm³/mol. The molecule has 0 aliphatic rings. The number of benzene rings is 2. The van der Waals surface area contributed by atoms with E-state index in [-0.39, 0.29) is 23.7 Å². The Morgan fingerprint density at radius 2 is 1.52 bits per heavy atom. The maximum Gasteiger partial charge on any atom is 0.324 e. The van der Waals surface area contributed by atoms with Gasteiger partial charge in [0.2, 0.25) is 10.0 Å². The molecule has 2 aromatic carbocycles. The smallest absolute Gasteiger partial charge is 0.324 e. The molecule has 0 unspecified atom stereocenters. The van der Waals surface area contributed by atoms with Crippen LogP contribution in [0.4, 0.5) is 0 Å². The number of ether oxygens (including phenoxy) is 1. The zero-order valence-electron chi connectivity index (χ0n) is 14.7. The summed E-state index contributed by atoms with van der Waals surface area (Å²) in [7, 11) is -7.38. The third kappa shape index (κ3) is 7.12. The first-order valence-electron chi connectivity index (χ1n) is 8.13. The molecule has 0 saturated heterocycles. The molecular formula is C18H21NO6S2. The van der Waals surface area contributed by atoms with E-state index >= 15 is 0 Å². The molecule has 0 fully saturated rings. The molecule has 0 bridgehead atoms. The molecule has 0 radical (unpaired) electrons. The number of rotatable bonds is 9. The molecule has 0 heterocycles. The quantitative estimate of drug-likeness (QED) is 0.627. The normalized spacial score (nSPS) is 13.1. The number of hydrogen-bond donors (Lipinski definition) is 1. The minimum absolute atomic E-state index is 0.0229. The van der Waals surface area contributed by atoms with Crippen LogP contribution < -0.4 is 4.72 Å². The van der Waals surface area contributed by atoms with Gasteiger partial charge in [0, 0.05) is 6.26 Å². The second-order valence-corrected chi connectivity index (χ2v) is 9.97. The Balaban J connectivity index is 2.13. The Bertz CT molecular complexity index is 957. The van der Waals surface area contributed by atoms with Crippen molar-refractivity contribution in [3.63, 3.8) is 0 Å². The Hall–Kier alpha value is -2.23. The van der Waals surface area contributed by atoms with Crippen LogP contribution in [-0.4, -0.2) is 40.9 Å². The van der Waals surface area contributed by atoms with Gasteiger partial charge in [-0.25, -0.2) is 16.8 Å². The highest BCUT2D eigenvalue weighted by Crippen LogP contribution is 2.11. The van der Waals surface area contributed by atoms with E-state index < -0.39 is 31.9 Å². The summed E-state index contributed by atoms with van der Waals surface area (Å²) in [5, 5.41) is 0. The Labute approximate surface area is 159 Å². The fourth-order valence-electron chi connectivity index (χ4n) is 2.24. The number of esters is 1. The minimum atomic E-state index is -4.00. The second kappa shape index (κ2) is 9.12. The molecule has 0 amide bonds. The maximum atomic E-state index is 12.5. The highest BCUT2D eigenvalue weighted by molar-refractivity contribution is 7.90. The molecule has 7 nitrogen and oxygen atoms in total. The van der Waals surface area contributed by atoms with E-state index in [1.54, 1.807) is 42.5 Å². The third-order valence-corrected chi connectivity index (χ3v) is 6.10. The predicted octanol–water partition coefficient (Wildman–Crippen LogP) is 1.51. The summed E-state index contributed by atoms with van der Waals surface area (Å²) < 4.78 is 55.3. The minimum Gasteiger partial charge on any atom is -0.460 e. The maximum absolute atomic E-state index is 12.5. The van der Waals surface area contributed by atoms with E-state index in [4.69, 9.17) is 4.74 Å². The van der Waals surface area contributed by atoms with Crippen molar-refractivity contribution in [2.75, 3.05) is 12.0 Å². The van der Waals surface area contributed by atoms with E-state index in [1.807, 2.05) is 6.07 Å². The summed E-state index contributed by atoms with van der Waals surface area (Å²) in [4.78, 5) is 12.4. The first-order valence-corrected chi connectivity index (χ1v) is 11.7. The van der Waals surface area contributed by atoms with Gasteiger partial charge in [0.15, 0.2) is 0 Å². The molecular weight excluding hydrogens is 390 g/mol. The third-order valence-electron chi connectivity index (χ3n) is 3.64. The van der Waals surface area contributed by atoms with Crippen LogP contribution in [0.1, 0.15) is 12.0 Å². The summed E-state index contributed by atoms with van der Waals surface area (Å²) in [5.74, 6) is -1.18. The number of carbonyl (C=O) groups is 1. The molecule has 9 heteroatoms. The molecule has 2 aromatic rings. The van der Waals surface area contributed by atoms with E-state index in [1.165, 1.54) is 12.1 Å². The second-order valence-electron chi connectivity index (χ2n) is 6.00. The van der Waals surface area contributed by atoms with Gasteiger partial charge >= 0.3 is 5.97 Å². The van der Waals surface area contributed by atoms with Gasteiger partial charge in [0.1, 0.15) is 22.5 Å². The molecule has 2 rings (SSSR count). The van der Waals surface area contributed by atoms with Crippen LogP contribution in [0.25, 0.3) is 0 Å². The van der Waals surface area contributed by atoms with Crippen molar-refractivity contribution >= 4 is 25.8 Å². The largest absolute Gasteiger partial charge is 0.460 e. The first-order chi connectivity index (χ1) is 12.7. The lowest BCUT2D eigenvalue weighted by atomic mass is 10.2. The van der Waals surface area contributed by atoms with Crippen molar-refractivity contribution in [2.24, 2.45) is 0 Å². The van der Waals surface area contributed by atoms with E-state index in [0.717, 1.165) is 11.8 Å². The van der Waals surface area contributed by atoms with Crippen molar-refractivity contribution in [2.45, 2.75) is 24.0 Å². The lowest BCUT2D eigenvalue weighted by Gasteiger charge is -2.17. The summed E-state index contributed by atoms with van der Waals surface area (Å²) in [5.41, 5.74) is 0.735. The highest BCUT2D eigenvalue weighted by Gasteiger charge is 2.28. The van der Waals surface area contributed by atoms with Gasteiger partial charge in [0.05, 0.1) is 10.6 Å². The molecule has 0 aromatic heterocycles. The lowest BCUT2D eigenvalue weighted by molar-refractivity contribution is -0.147. The van der Waals surface area contributed by atoms with Crippen molar-refractivity contribution in [3.05, 3.63) is 66.2 Å². The van der Waals surface area contributed by atoms with E-state index in [2.05, 4.69) is 4.72 Å². The molecule has 27 heavy (non-hydrogen) atoms. The molecule has 1 N–H and O–H groups in total. The van der Waals surface area contributed by atoms with Gasteiger partial charge in [-0.15, -0.1) is 0 Å². The van der Waals surface area contributed by atoms with Crippen LogP contribution in [0, 0.1) is 0 Å². The van der Waals surface area contributed by atoms with Crippen molar-refractivity contribution in [1.29, 1.82) is 0 Å². The number of hydrogen-bond acceptors (Lipinski definition) is 6. The first kappa shape index (κ1) is 21.1. The molecule has 0 saturated carbocycles. The molecule has 0 spiro atoms. The Kier molecular flexibility index (Phi) is 7.11. The average Bonchev–Trinajstić information content (AvgIpc) is 2.64. The Morgan fingerprint density at radius 3 is 2.07 bits per heavy atom.